The largest absolute Gasteiger partial charge is 0.507 e. The van der Waals surface area contributed by atoms with Gasteiger partial charge in [-0.15, -0.1) is 0 Å². The first-order valence-corrected chi connectivity index (χ1v) is 6.74. The second-order valence-electron chi connectivity index (χ2n) is 5.38. The van der Waals surface area contributed by atoms with Crippen LogP contribution >= 0.6 is 0 Å². The summed E-state index contributed by atoms with van der Waals surface area (Å²) in [5.41, 5.74) is 1.88. The number of carbonyl (C=O) groups is 2. The molecule has 1 aromatic rings. The van der Waals surface area contributed by atoms with Crippen LogP contribution in [-0.4, -0.2) is 22.1 Å². The Balaban J connectivity index is 2.16. The van der Waals surface area contributed by atoms with Crippen molar-refractivity contribution >= 4 is 17.6 Å². The molecule has 1 saturated carbocycles. The Bertz CT molecular complexity index is 553. The number of anilines is 1. The van der Waals surface area contributed by atoms with Crippen LogP contribution in [0, 0.1) is 25.7 Å². The average molecular weight is 277 g/mol. The fourth-order valence-corrected chi connectivity index (χ4v) is 2.77. The van der Waals surface area contributed by atoms with Gasteiger partial charge in [-0.25, -0.2) is 0 Å². The second-order valence-corrected chi connectivity index (χ2v) is 5.38. The van der Waals surface area contributed by atoms with E-state index in [1.807, 2.05) is 0 Å². The molecular weight excluding hydrogens is 258 g/mol. The summed E-state index contributed by atoms with van der Waals surface area (Å²) >= 11 is 0. The summed E-state index contributed by atoms with van der Waals surface area (Å²) < 4.78 is 0. The highest BCUT2D eigenvalue weighted by molar-refractivity contribution is 5.96. The van der Waals surface area contributed by atoms with Gasteiger partial charge in [-0.05, 0) is 38.3 Å². The maximum atomic E-state index is 12.2. The van der Waals surface area contributed by atoms with Crippen molar-refractivity contribution in [2.45, 2.75) is 33.1 Å². The summed E-state index contributed by atoms with van der Waals surface area (Å²) in [6, 6.07) is 3.45. The van der Waals surface area contributed by atoms with Crippen LogP contribution in [0.5, 0.6) is 5.75 Å². The van der Waals surface area contributed by atoms with Gasteiger partial charge in [0.05, 0.1) is 11.8 Å². The lowest BCUT2D eigenvalue weighted by molar-refractivity contribution is -0.145. The van der Waals surface area contributed by atoms with Gasteiger partial charge in [0, 0.05) is 11.3 Å². The molecule has 0 spiro atoms. The van der Waals surface area contributed by atoms with Crippen molar-refractivity contribution in [2.75, 3.05) is 5.32 Å². The molecule has 1 fully saturated rings. The Labute approximate surface area is 117 Å². The third kappa shape index (κ3) is 2.61. The molecule has 2 rings (SSSR count). The van der Waals surface area contributed by atoms with Gasteiger partial charge in [0.25, 0.3) is 0 Å². The van der Waals surface area contributed by atoms with Gasteiger partial charge >= 0.3 is 5.97 Å². The van der Waals surface area contributed by atoms with Crippen LogP contribution in [0.4, 0.5) is 5.69 Å². The number of carbonyl (C=O) groups excluding carboxylic acids is 1. The molecule has 5 nitrogen and oxygen atoms in total. The van der Waals surface area contributed by atoms with Gasteiger partial charge in [0.1, 0.15) is 5.75 Å². The molecule has 1 aliphatic carbocycles. The van der Waals surface area contributed by atoms with Crippen molar-refractivity contribution in [1.82, 2.24) is 0 Å². The number of hydrogen-bond acceptors (Lipinski definition) is 3. The predicted molar refractivity (Wildman–Crippen MR) is 74.7 cm³/mol. The van der Waals surface area contributed by atoms with Gasteiger partial charge in [0.2, 0.25) is 5.91 Å². The van der Waals surface area contributed by atoms with Crippen molar-refractivity contribution in [2.24, 2.45) is 11.8 Å². The van der Waals surface area contributed by atoms with E-state index in [9.17, 15) is 14.7 Å². The number of hydrogen-bond donors (Lipinski definition) is 3. The van der Waals surface area contributed by atoms with Crippen LogP contribution in [0.3, 0.4) is 0 Å². The van der Waals surface area contributed by atoms with E-state index >= 15 is 0 Å². The summed E-state index contributed by atoms with van der Waals surface area (Å²) in [5.74, 6) is -2.12. The van der Waals surface area contributed by atoms with E-state index < -0.39 is 17.8 Å². The second kappa shape index (κ2) is 5.53. The third-order valence-corrected chi connectivity index (χ3v) is 4.06. The number of aromatic hydroxyl groups is 1. The SMILES string of the molecule is Cc1ccc(NC(=O)[C@@H]2CCC[C@@H]2C(=O)O)c(C)c1O. The number of aryl methyl sites for hydroxylation is 1. The zero-order chi connectivity index (χ0) is 14.9. The van der Waals surface area contributed by atoms with Crippen molar-refractivity contribution < 1.29 is 19.8 Å². The lowest BCUT2D eigenvalue weighted by Crippen LogP contribution is -2.30. The predicted octanol–water partition coefficient (Wildman–Crippen LogP) is 2.45. The lowest BCUT2D eigenvalue weighted by Gasteiger charge is -2.17. The van der Waals surface area contributed by atoms with Crippen LogP contribution < -0.4 is 5.32 Å². The molecule has 1 aliphatic rings. The highest BCUT2D eigenvalue weighted by Gasteiger charge is 2.37. The fraction of sp³-hybridized carbons (Fsp3) is 0.467. The first-order chi connectivity index (χ1) is 9.41. The van der Waals surface area contributed by atoms with Crippen molar-refractivity contribution in [3.63, 3.8) is 0 Å². The van der Waals surface area contributed by atoms with Crippen molar-refractivity contribution in [3.8, 4) is 5.75 Å². The first-order valence-electron chi connectivity index (χ1n) is 6.74. The Kier molecular flexibility index (Phi) is 3.97. The molecule has 20 heavy (non-hydrogen) atoms. The Morgan fingerprint density at radius 1 is 1.20 bits per heavy atom. The molecule has 0 aromatic heterocycles. The summed E-state index contributed by atoms with van der Waals surface area (Å²) in [5, 5.41) is 21.7. The van der Waals surface area contributed by atoms with E-state index in [-0.39, 0.29) is 11.7 Å². The van der Waals surface area contributed by atoms with Gasteiger partial charge in [0.15, 0.2) is 0 Å². The molecular formula is C15H19NO4. The molecule has 0 aliphatic heterocycles. The van der Waals surface area contributed by atoms with Crippen LogP contribution in [0.2, 0.25) is 0 Å². The monoisotopic (exact) mass is 277 g/mol. The normalized spacial score (nSPS) is 21.7. The standard InChI is InChI=1S/C15H19NO4/c1-8-6-7-12(9(2)13(8)17)16-14(18)10-4-3-5-11(10)15(19)20/h6-7,10-11,17H,3-5H2,1-2H3,(H,16,18)(H,19,20)/t10-,11+/m1/s1. The van der Waals surface area contributed by atoms with Crippen LogP contribution in [-0.2, 0) is 9.59 Å². The van der Waals surface area contributed by atoms with Crippen LogP contribution in [0.1, 0.15) is 30.4 Å². The van der Waals surface area contributed by atoms with Gasteiger partial charge < -0.3 is 15.5 Å². The van der Waals surface area contributed by atoms with E-state index in [0.29, 0.717) is 24.1 Å². The van der Waals surface area contributed by atoms with Crippen molar-refractivity contribution in [1.29, 1.82) is 0 Å². The summed E-state index contributed by atoms with van der Waals surface area (Å²) in [4.78, 5) is 23.3. The number of benzene rings is 1. The fourth-order valence-electron chi connectivity index (χ4n) is 2.77. The van der Waals surface area contributed by atoms with Crippen LogP contribution in [0.25, 0.3) is 0 Å². The zero-order valence-electron chi connectivity index (χ0n) is 11.6. The molecule has 108 valence electrons. The maximum Gasteiger partial charge on any atom is 0.307 e. The molecule has 0 unspecified atom stereocenters. The quantitative estimate of drug-likeness (QED) is 0.792. The first kappa shape index (κ1) is 14.4. The molecule has 1 amide bonds. The molecule has 0 heterocycles. The minimum Gasteiger partial charge on any atom is -0.507 e. The van der Waals surface area contributed by atoms with E-state index in [1.54, 1.807) is 26.0 Å². The minimum atomic E-state index is -0.911. The number of phenolic OH excluding ortho intramolecular Hbond substituents is 1. The molecule has 0 bridgehead atoms. The lowest BCUT2D eigenvalue weighted by atomic mass is 9.95. The van der Waals surface area contributed by atoms with E-state index in [4.69, 9.17) is 5.11 Å². The maximum absolute atomic E-state index is 12.2. The highest BCUT2D eigenvalue weighted by Crippen LogP contribution is 2.34. The average Bonchev–Trinajstić information content (AvgIpc) is 2.89. The Morgan fingerprint density at radius 3 is 2.50 bits per heavy atom. The van der Waals surface area contributed by atoms with Gasteiger partial charge in [-0.3, -0.25) is 9.59 Å². The van der Waals surface area contributed by atoms with E-state index in [1.165, 1.54) is 0 Å². The number of carboxylic acids is 1. The number of carboxylic acid groups (broad SMARTS) is 1. The van der Waals surface area contributed by atoms with Gasteiger partial charge in [-0.1, -0.05) is 12.5 Å². The van der Waals surface area contributed by atoms with Crippen molar-refractivity contribution in [3.05, 3.63) is 23.3 Å². The minimum absolute atomic E-state index is 0.156. The summed E-state index contributed by atoms with van der Waals surface area (Å²) in [6.45, 7) is 3.51. The smallest absolute Gasteiger partial charge is 0.307 e. The summed E-state index contributed by atoms with van der Waals surface area (Å²) in [6.07, 6.45) is 1.90. The van der Waals surface area contributed by atoms with E-state index in [0.717, 1.165) is 12.0 Å². The molecule has 0 radical (unpaired) electrons. The topological polar surface area (TPSA) is 86.6 Å². The zero-order valence-corrected chi connectivity index (χ0v) is 11.6. The molecule has 1 aromatic carbocycles. The molecule has 5 heteroatoms. The number of amides is 1. The molecule has 2 atom stereocenters. The Morgan fingerprint density at radius 2 is 1.85 bits per heavy atom. The summed E-state index contributed by atoms with van der Waals surface area (Å²) in [7, 11) is 0. The third-order valence-electron chi connectivity index (χ3n) is 4.06. The number of rotatable bonds is 3. The van der Waals surface area contributed by atoms with Gasteiger partial charge in [-0.2, -0.15) is 0 Å². The number of nitrogens with one attached hydrogen (secondary N) is 1. The number of phenols is 1. The van der Waals surface area contributed by atoms with E-state index in [2.05, 4.69) is 5.32 Å². The highest BCUT2D eigenvalue weighted by atomic mass is 16.4. The van der Waals surface area contributed by atoms with Crippen LogP contribution in [0.15, 0.2) is 12.1 Å². The number of aliphatic carboxylic acids is 1. The molecule has 3 N–H and O–H groups in total. The Hall–Kier alpha value is -2.04. The molecule has 0 saturated heterocycles.